The summed E-state index contributed by atoms with van der Waals surface area (Å²) >= 11 is 0. The molecule has 94 valence electrons. The Morgan fingerprint density at radius 2 is 2.00 bits per heavy atom. The number of pyridine rings is 1. The van der Waals surface area contributed by atoms with Gasteiger partial charge >= 0.3 is 5.97 Å². The Bertz CT molecular complexity index is 777. The minimum atomic E-state index is -0.982. The summed E-state index contributed by atoms with van der Waals surface area (Å²) < 4.78 is 1.49. The van der Waals surface area contributed by atoms with E-state index in [1.807, 2.05) is 36.4 Å². The zero-order chi connectivity index (χ0) is 13.4. The van der Waals surface area contributed by atoms with Crippen LogP contribution in [-0.4, -0.2) is 25.8 Å². The number of carboxylic acids is 1. The van der Waals surface area contributed by atoms with E-state index < -0.39 is 5.97 Å². The van der Waals surface area contributed by atoms with E-state index in [9.17, 15) is 4.79 Å². The van der Waals surface area contributed by atoms with Gasteiger partial charge in [-0.2, -0.15) is 5.10 Å². The van der Waals surface area contributed by atoms with Crippen LogP contribution in [-0.2, 0) is 0 Å². The molecule has 5 heteroatoms. The second kappa shape index (κ2) is 4.20. The molecule has 5 nitrogen and oxygen atoms in total. The Hall–Kier alpha value is -2.69. The molecule has 0 saturated carbocycles. The lowest BCUT2D eigenvalue weighted by atomic mass is 10.2. The molecule has 2 aromatic heterocycles. The Kier molecular flexibility index (Phi) is 2.52. The molecule has 0 radical (unpaired) electrons. The average Bonchev–Trinajstić information content (AvgIpc) is 2.80. The largest absolute Gasteiger partial charge is 0.478 e. The number of carboxylic acid groups (broad SMARTS) is 1. The van der Waals surface area contributed by atoms with Crippen molar-refractivity contribution in [3.05, 3.63) is 53.9 Å². The van der Waals surface area contributed by atoms with Gasteiger partial charge in [-0.25, -0.2) is 14.5 Å². The second-order valence-electron chi connectivity index (χ2n) is 4.24. The van der Waals surface area contributed by atoms with Gasteiger partial charge in [-0.05, 0) is 25.1 Å². The van der Waals surface area contributed by atoms with E-state index >= 15 is 0 Å². The molecule has 0 bridgehead atoms. The number of rotatable bonds is 2. The van der Waals surface area contributed by atoms with Crippen LogP contribution in [0.1, 0.15) is 16.1 Å². The Balaban J connectivity index is 2.13. The second-order valence-corrected chi connectivity index (χ2v) is 4.24. The van der Waals surface area contributed by atoms with Gasteiger partial charge < -0.3 is 5.11 Å². The summed E-state index contributed by atoms with van der Waals surface area (Å²) in [5.41, 5.74) is 1.52. The van der Waals surface area contributed by atoms with E-state index in [4.69, 9.17) is 5.11 Å². The molecule has 19 heavy (non-hydrogen) atoms. The molecular weight excluding hydrogens is 242 g/mol. The van der Waals surface area contributed by atoms with Crippen LogP contribution in [0.2, 0.25) is 0 Å². The van der Waals surface area contributed by atoms with Gasteiger partial charge in [0.2, 0.25) is 0 Å². The first-order valence-corrected chi connectivity index (χ1v) is 5.81. The quantitative estimate of drug-likeness (QED) is 0.761. The molecule has 3 aromatic rings. The number of hydrogen-bond donors (Lipinski definition) is 1. The van der Waals surface area contributed by atoms with Gasteiger partial charge in [0.25, 0.3) is 0 Å². The molecule has 1 aromatic carbocycles. The highest BCUT2D eigenvalue weighted by atomic mass is 16.4. The number of fused-ring (bicyclic) bond motifs is 1. The van der Waals surface area contributed by atoms with Crippen molar-refractivity contribution < 1.29 is 9.90 Å². The number of carbonyl (C=O) groups is 1. The fourth-order valence-corrected chi connectivity index (χ4v) is 1.97. The van der Waals surface area contributed by atoms with Crippen LogP contribution in [0, 0.1) is 6.92 Å². The predicted molar refractivity (Wildman–Crippen MR) is 70.6 cm³/mol. The van der Waals surface area contributed by atoms with Crippen molar-refractivity contribution in [2.45, 2.75) is 6.92 Å². The van der Waals surface area contributed by atoms with Crippen LogP contribution >= 0.6 is 0 Å². The fourth-order valence-electron chi connectivity index (χ4n) is 1.97. The lowest BCUT2D eigenvalue weighted by Crippen LogP contribution is -1.98. The molecule has 1 N–H and O–H groups in total. The van der Waals surface area contributed by atoms with Crippen LogP contribution in [0.15, 0.2) is 42.6 Å². The molecule has 0 aliphatic carbocycles. The maximum absolute atomic E-state index is 11.0. The van der Waals surface area contributed by atoms with Crippen LogP contribution in [0.25, 0.3) is 16.7 Å². The van der Waals surface area contributed by atoms with Crippen molar-refractivity contribution in [1.29, 1.82) is 0 Å². The van der Waals surface area contributed by atoms with Crippen molar-refractivity contribution in [2.24, 2.45) is 0 Å². The number of nitrogens with zero attached hydrogens (tertiary/aromatic N) is 3. The molecule has 0 amide bonds. The summed E-state index contributed by atoms with van der Waals surface area (Å²) in [6, 6.07) is 11.5. The monoisotopic (exact) mass is 253 g/mol. The van der Waals surface area contributed by atoms with E-state index in [1.54, 1.807) is 6.92 Å². The lowest BCUT2D eigenvalue weighted by Gasteiger charge is -2.02. The molecule has 2 heterocycles. The summed E-state index contributed by atoms with van der Waals surface area (Å²) in [6.07, 6.45) is 1.48. The fraction of sp³-hybridized carbons (Fsp3) is 0.0714. The smallest absolute Gasteiger partial charge is 0.339 e. The Labute approximate surface area is 109 Å². The van der Waals surface area contributed by atoms with Crippen molar-refractivity contribution in [3.8, 4) is 5.82 Å². The van der Waals surface area contributed by atoms with E-state index in [0.29, 0.717) is 11.5 Å². The summed E-state index contributed by atoms with van der Waals surface area (Å²) in [7, 11) is 0. The van der Waals surface area contributed by atoms with Gasteiger partial charge in [-0.3, -0.25) is 0 Å². The summed E-state index contributed by atoms with van der Waals surface area (Å²) in [5, 5.41) is 14.2. The highest BCUT2D eigenvalue weighted by Crippen LogP contribution is 2.15. The predicted octanol–water partition coefficient (Wildman–Crippen LogP) is 2.43. The first-order chi connectivity index (χ1) is 9.15. The molecule has 0 aliphatic heterocycles. The topological polar surface area (TPSA) is 68.0 Å². The highest BCUT2D eigenvalue weighted by molar-refractivity contribution is 5.88. The zero-order valence-electron chi connectivity index (χ0n) is 10.2. The molecule has 0 aliphatic rings. The third-order valence-electron chi connectivity index (χ3n) is 2.95. The molecule has 0 fully saturated rings. The van der Waals surface area contributed by atoms with E-state index in [2.05, 4.69) is 10.1 Å². The number of benzene rings is 1. The molecule has 0 saturated heterocycles. The van der Waals surface area contributed by atoms with Gasteiger partial charge in [0.15, 0.2) is 5.82 Å². The molecule has 0 unspecified atom stereocenters. The Morgan fingerprint density at radius 1 is 1.21 bits per heavy atom. The molecule has 3 rings (SSSR count). The Morgan fingerprint density at radius 3 is 2.74 bits per heavy atom. The van der Waals surface area contributed by atoms with Crippen LogP contribution in [0.5, 0.6) is 0 Å². The summed E-state index contributed by atoms with van der Waals surface area (Å²) in [5.74, 6) is -0.376. The number of aromatic carboxylic acids is 1. The van der Waals surface area contributed by atoms with Crippen LogP contribution in [0.3, 0.4) is 0 Å². The van der Waals surface area contributed by atoms with Gasteiger partial charge in [-0.1, -0.05) is 18.2 Å². The highest BCUT2D eigenvalue weighted by Gasteiger charge is 2.13. The van der Waals surface area contributed by atoms with Crippen molar-refractivity contribution in [3.63, 3.8) is 0 Å². The van der Waals surface area contributed by atoms with Gasteiger partial charge in [0, 0.05) is 11.6 Å². The molecule has 0 atom stereocenters. The average molecular weight is 253 g/mol. The number of aryl methyl sites for hydroxylation is 1. The van der Waals surface area contributed by atoms with Crippen LogP contribution in [0.4, 0.5) is 0 Å². The minimum Gasteiger partial charge on any atom is -0.478 e. The van der Waals surface area contributed by atoms with Gasteiger partial charge in [-0.15, -0.1) is 0 Å². The summed E-state index contributed by atoms with van der Waals surface area (Å²) in [4.78, 5) is 15.5. The molecular formula is C14H11N3O2. The number of hydrogen-bond acceptors (Lipinski definition) is 3. The van der Waals surface area contributed by atoms with Crippen LogP contribution < -0.4 is 0 Å². The summed E-state index contributed by atoms with van der Waals surface area (Å²) in [6.45, 7) is 1.67. The first kappa shape index (κ1) is 11.4. The minimum absolute atomic E-state index is 0.190. The maximum Gasteiger partial charge on any atom is 0.339 e. The number of para-hydroxylation sites is 1. The van der Waals surface area contributed by atoms with E-state index in [0.717, 1.165) is 10.9 Å². The van der Waals surface area contributed by atoms with E-state index in [-0.39, 0.29) is 5.56 Å². The third-order valence-corrected chi connectivity index (χ3v) is 2.95. The third kappa shape index (κ3) is 1.95. The lowest BCUT2D eigenvalue weighted by molar-refractivity contribution is 0.0696. The SMILES string of the molecule is Cc1nn(-c2ccc3ccccc3n2)cc1C(=O)O. The van der Waals surface area contributed by atoms with Crippen molar-refractivity contribution in [2.75, 3.05) is 0 Å². The van der Waals surface area contributed by atoms with Crippen molar-refractivity contribution in [1.82, 2.24) is 14.8 Å². The maximum atomic E-state index is 11.0. The normalized spacial score (nSPS) is 10.8. The zero-order valence-corrected chi connectivity index (χ0v) is 10.2. The standard InChI is InChI=1S/C14H11N3O2/c1-9-11(14(18)19)8-17(16-9)13-7-6-10-4-2-3-5-12(10)15-13/h2-8H,1H3,(H,18,19). The van der Waals surface area contributed by atoms with Crippen molar-refractivity contribution >= 4 is 16.9 Å². The van der Waals surface area contributed by atoms with Gasteiger partial charge in [0.05, 0.1) is 11.2 Å². The van der Waals surface area contributed by atoms with Gasteiger partial charge in [0.1, 0.15) is 5.56 Å². The first-order valence-electron chi connectivity index (χ1n) is 5.81. The van der Waals surface area contributed by atoms with E-state index in [1.165, 1.54) is 10.9 Å². The molecule has 0 spiro atoms. The number of aromatic nitrogens is 3.